The summed E-state index contributed by atoms with van der Waals surface area (Å²) in [6.07, 6.45) is 1.29. The van der Waals surface area contributed by atoms with Crippen molar-refractivity contribution in [2.45, 2.75) is 45.8 Å². The molecule has 0 aromatic heterocycles. The van der Waals surface area contributed by atoms with Crippen LogP contribution in [0.3, 0.4) is 0 Å². The molecule has 2 atom stereocenters. The topological polar surface area (TPSA) is 52.5 Å². The lowest BCUT2D eigenvalue weighted by molar-refractivity contribution is 0.167. The maximum Gasteiger partial charge on any atom is 0.0914 e. The summed E-state index contributed by atoms with van der Waals surface area (Å²) in [5.41, 5.74) is 2.25. The van der Waals surface area contributed by atoms with E-state index in [0.29, 0.717) is 18.9 Å². The van der Waals surface area contributed by atoms with Crippen LogP contribution in [0.2, 0.25) is 0 Å². The van der Waals surface area contributed by atoms with Gasteiger partial charge in [0.05, 0.1) is 6.10 Å². The molecule has 0 fully saturated rings. The summed E-state index contributed by atoms with van der Waals surface area (Å²) in [6.45, 7) is 7.11. The van der Waals surface area contributed by atoms with E-state index in [1.807, 2.05) is 19.1 Å². The van der Waals surface area contributed by atoms with Gasteiger partial charge in [-0.3, -0.25) is 0 Å². The fourth-order valence-corrected chi connectivity index (χ4v) is 2.07. The summed E-state index contributed by atoms with van der Waals surface area (Å²) in [5.74, 6) is 0.650. The molecule has 1 aromatic carbocycles. The Balaban J connectivity index is 2.46. The fraction of sp³-hybridized carbons (Fsp3) is 0.625. The Morgan fingerprint density at radius 2 is 1.74 bits per heavy atom. The van der Waals surface area contributed by atoms with Crippen LogP contribution in [0.4, 0.5) is 0 Å². The Bertz CT molecular complexity index is 348. The first-order valence-corrected chi connectivity index (χ1v) is 7.14. The third kappa shape index (κ3) is 6.19. The molecule has 0 aliphatic heterocycles. The lowest BCUT2D eigenvalue weighted by Gasteiger charge is -2.17. The molecule has 108 valence electrons. The minimum absolute atomic E-state index is 0.175. The van der Waals surface area contributed by atoms with Crippen LogP contribution in [0.25, 0.3) is 0 Å². The number of hydrogen-bond donors (Lipinski definition) is 3. The third-order valence-electron chi connectivity index (χ3n) is 3.23. The van der Waals surface area contributed by atoms with Crippen molar-refractivity contribution >= 4 is 0 Å². The zero-order valence-electron chi connectivity index (χ0n) is 12.3. The first-order chi connectivity index (χ1) is 9.02. The van der Waals surface area contributed by atoms with Crippen LogP contribution in [0.15, 0.2) is 24.3 Å². The van der Waals surface area contributed by atoms with Crippen LogP contribution in [-0.4, -0.2) is 29.4 Å². The lowest BCUT2D eigenvalue weighted by Crippen LogP contribution is -2.31. The van der Waals surface area contributed by atoms with E-state index in [-0.39, 0.29) is 12.6 Å². The van der Waals surface area contributed by atoms with E-state index < -0.39 is 6.10 Å². The smallest absolute Gasteiger partial charge is 0.0914 e. The Kier molecular flexibility index (Phi) is 7.06. The van der Waals surface area contributed by atoms with Gasteiger partial charge in [-0.15, -0.1) is 0 Å². The molecule has 3 heteroatoms. The quantitative estimate of drug-likeness (QED) is 0.676. The highest BCUT2D eigenvalue weighted by atomic mass is 16.3. The standard InChI is InChI=1S/C16H27NO2/c1-12(2)10-14-4-6-15(7-5-14)16(19)11-17-13(3)8-9-18/h4-7,12-13,16-19H,8-11H2,1-3H3. The van der Waals surface area contributed by atoms with E-state index in [0.717, 1.165) is 12.0 Å². The second-order valence-corrected chi connectivity index (χ2v) is 5.68. The average molecular weight is 265 g/mol. The van der Waals surface area contributed by atoms with Crippen LogP contribution in [0, 0.1) is 5.92 Å². The summed E-state index contributed by atoms with van der Waals surface area (Å²) in [6, 6.07) is 8.41. The second kappa shape index (κ2) is 8.31. The fourth-order valence-electron chi connectivity index (χ4n) is 2.07. The SMILES string of the molecule is CC(C)Cc1ccc(C(O)CNC(C)CCO)cc1. The second-order valence-electron chi connectivity index (χ2n) is 5.68. The van der Waals surface area contributed by atoms with Crippen LogP contribution in [0.5, 0.6) is 0 Å². The average Bonchev–Trinajstić information content (AvgIpc) is 2.36. The number of aliphatic hydroxyl groups is 2. The third-order valence-corrected chi connectivity index (χ3v) is 3.23. The molecule has 3 nitrogen and oxygen atoms in total. The van der Waals surface area contributed by atoms with Gasteiger partial charge in [-0.25, -0.2) is 0 Å². The van der Waals surface area contributed by atoms with Gasteiger partial charge in [0.2, 0.25) is 0 Å². The molecule has 1 aromatic rings. The summed E-state index contributed by atoms with van der Waals surface area (Å²) in [4.78, 5) is 0. The molecule has 3 N–H and O–H groups in total. The lowest BCUT2D eigenvalue weighted by atomic mass is 10.00. The van der Waals surface area contributed by atoms with Crippen molar-refractivity contribution in [2.24, 2.45) is 5.92 Å². The molecular weight excluding hydrogens is 238 g/mol. The number of rotatable bonds is 8. The van der Waals surface area contributed by atoms with Crippen molar-refractivity contribution in [2.75, 3.05) is 13.2 Å². The zero-order chi connectivity index (χ0) is 14.3. The molecule has 0 amide bonds. The largest absolute Gasteiger partial charge is 0.396 e. The number of benzene rings is 1. The van der Waals surface area contributed by atoms with E-state index in [2.05, 4.69) is 31.3 Å². The predicted octanol–water partition coefficient (Wildman–Crippen LogP) is 2.28. The van der Waals surface area contributed by atoms with Gasteiger partial charge in [-0.05, 0) is 36.8 Å². The molecule has 0 saturated heterocycles. The van der Waals surface area contributed by atoms with E-state index in [4.69, 9.17) is 5.11 Å². The monoisotopic (exact) mass is 265 g/mol. The molecule has 0 saturated carbocycles. The van der Waals surface area contributed by atoms with Gasteiger partial charge in [-0.1, -0.05) is 38.1 Å². The van der Waals surface area contributed by atoms with Gasteiger partial charge in [0.1, 0.15) is 0 Å². The number of nitrogens with one attached hydrogen (secondary N) is 1. The predicted molar refractivity (Wildman–Crippen MR) is 79.1 cm³/mol. The first kappa shape index (κ1) is 16.2. The number of hydrogen-bond acceptors (Lipinski definition) is 3. The molecule has 0 bridgehead atoms. The van der Waals surface area contributed by atoms with Crippen LogP contribution >= 0.6 is 0 Å². The highest BCUT2D eigenvalue weighted by molar-refractivity contribution is 5.24. The Labute approximate surface area is 116 Å². The Hall–Kier alpha value is -0.900. The van der Waals surface area contributed by atoms with Gasteiger partial charge in [0.25, 0.3) is 0 Å². The normalized spacial score (nSPS) is 14.6. The molecule has 0 aliphatic rings. The van der Waals surface area contributed by atoms with E-state index in [9.17, 15) is 5.11 Å². The van der Waals surface area contributed by atoms with Crippen molar-refractivity contribution in [1.82, 2.24) is 5.32 Å². The molecular formula is C16H27NO2. The van der Waals surface area contributed by atoms with E-state index in [1.165, 1.54) is 5.56 Å². The molecule has 19 heavy (non-hydrogen) atoms. The molecule has 0 spiro atoms. The maximum absolute atomic E-state index is 10.1. The van der Waals surface area contributed by atoms with Gasteiger partial charge in [-0.2, -0.15) is 0 Å². The van der Waals surface area contributed by atoms with Crippen molar-refractivity contribution in [3.05, 3.63) is 35.4 Å². The van der Waals surface area contributed by atoms with Crippen LogP contribution in [-0.2, 0) is 6.42 Å². The van der Waals surface area contributed by atoms with E-state index in [1.54, 1.807) is 0 Å². The summed E-state index contributed by atoms with van der Waals surface area (Å²) in [5, 5.41) is 22.1. The Morgan fingerprint density at radius 1 is 1.11 bits per heavy atom. The Morgan fingerprint density at radius 3 is 2.26 bits per heavy atom. The first-order valence-electron chi connectivity index (χ1n) is 7.14. The molecule has 0 aliphatic carbocycles. The maximum atomic E-state index is 10.1. The van der Waals surface area contributed by atoms with Crippen molar-refractivity contribution in [3.63, 3.8) is 0 Å². The summed E-state index contributed by atoms with van der Waals surface area (Å²) < 4.78 is 0. The summed E-state index contributed by atoms with van der Waals surface area (Å²) >= 11 is 0. The van der Waals surface area contributed by atoms with Crippen LogP contribution < -0.4 is 5.32 Å². The molecule has 0 radical (unpaired) electrons. The van der Waals surface area contributed by atoms with Gasteiger partial charge in [0, 0.05) is 19.2 Å². The van der Waals surface area contributed by atoms with Crippen LogP contribution in [0.1, 0.15) is 44.4 Å². The van der Waals surface area contributed by atoms with Gasteiger partial charge < -0.3 is 15.5 Å². The van der Waals surface area contributed by atoms with Crippen molar-refractivity contribution in [3.8, 4) is 0 Å². The highest BCUT2D eigenvalue weighted by Crippen LogP contribution is 2.15. The van der Waals surface area contributed by atoms with Gasteiger partial charge >= 0.3 is 0 Å². The van der Waals surface area contributed by atoms with Crippen molar-refractivity contribution < 1.29 is 10.2 Å². The minimum atomic E-state index is -0.491. The molecule has 2 unspecified atom stereocenters. The van der Waals surface area contributed by atoms with Gasteiger partial charge in [0.15, 0.2) is 0 Å². The molecule has 0 heterocycles. The molecule has 1 rings (SSSR count). The summed E-state index contributed by atoms with van der Waals surface area (Å²) in [7, 11) is 0. The van der Waals surface area contributed by atoms with E-state index >= 15 is 0 Å². The minimum Gasteiger partial charge on any atom is -0.396 e. The zero-order valence-corrected chi connectivity index (χ0v) is 12.3. The number of aliphatic hydroxyl groups excluding tert-OH is 2. The highest BCUT2D eigenvalue weighted by Gasteiger charge is 2.09. The van der Waals surface area contributed by atoms with Crippen molar-refractivity contribution in [1.29, 1.82) is 0 Å².